The van der Waals surface area contributed by atoms with Gasteiger partial charge in [-0.15, -0.1) is 11.3 Å². The van der Waals surface area contributed by atoms with E-state index in [0.717, 1.165) is 10.0 Å². The molecule has 1 amide bonds. The molecule has 0 spiro atoms. The molecule has 0 atom stereocenters. The first-order valence-electron chi connectivity index (χ1n) is 6.40. The molecule has 0 saturated carbocycles. The molecule has 22 heavy (non-hydrogen) atoms. The lowest BCUT2D eigenvalue weighted by Crippen LogP contribution is -2.22. The minimum absolute atomic E-state index is 0.151. The van der Waals surface area contributed by atoms with Crippen LogP contribution < -0.4 is 19.5 Å². The molecule has 2 aromatic rings. The summed E-state index contributed by atoms with van der Waals surface area (Å²) in [4.78, 5) is 12.8. The van der Waals surface area contributed by atoms with E-state index in [1.807, 2.05) is 11.4 Å². The number of rotatable bonds is 6. The maximum atomic E-state index is 12.2. The summed E-state index contributed by atoms with van der Waals surface area (Å²) in [6.45, 7) is 0.291. The molecule has 7 heteroatoms. The Labute approximate surface area is 141 Å². The number of carbonyl (C=O) groups excluding carboxylic acids is 1. The third-order valence-electron chi connectivity index (χ3n) is 3.07. The molecule has 5 nitrogen and oxygen atoms in total. The van der Waals surface area contributed by atoms with Gasteiger partial charge in [0.05, 0.1) is 33.4 Å². The van der Waals surface area contributed by atoms with Crippen LogP contribution in [0, 0.1) is 0 Å². The first-order valence-corrected chi connectivity index (χ1v) is 8.08. The molecule has 0 aliphatic carbocycles. The molecule has 0 unspecified atom stereocenters. The van der Waals surface area contributed by atoms with Crippen LogP contribution in [0.25, 0.3) is 0 Å². The van der Waals surface area contributed by atoms with Crippen molar-refractivity contribution in [3.63, 3.8) is 0 Å². The second-order valence-electron chi connectivity index (χ2n) is 4.29. The Morgan fingerprint density at radius 2 is 1.82 bits per heavy atom. The molecule has 0 aliphatic rings. The summed E-state index contributed by atoms with van der Waals surface area (Å²) in [7, 11) is 4.70. The molecule has 0 bridgehead atoms. The van der Waals surface area contributed by atoms with Crippen LogP contribution in [-0.2, 0) is 6.54 Å². The van der Waals surface area contributed by atoms with E-state index in [2.05, 4.69) is 21.2 Å². The Kier molecular flexibility index (Phi) is 5.68. The number of hydrogen-bond donors (Lipinski definition) is 1. The van der Waals surface area contributed by atoms with Crippen molar-refractivity contribution in [2.75, 3.05) is 21.3 Å². The summed E-state index contributed by atoms with van der Waals surface area (Å²) in [5.74, 6) is 1.68. The average molecular weight is 386 g/mol. The van der Waals surface area contributed by atoms with Crippen molar-refractivity contribution < 1.29 is 19.0 Å². The number of amides is 1. The van der Waals surface area contributed by atoms with Gasteiger partial charge >= 0.3 is 0 Å². The summed E-state index contributed by atoms with van der Waals surface area (Å²) in [5, 5.41) is 4.72. The second-order valence-corrected chi connectivity index (χ2v) is 6.06. The molecule has 1 N–H and O–H groups in total. The van der Waals surface area contributed by atoms with Crippen molar-refractivity contribution in [1.29, 1.82) is 0 Å². The zero-order chi connectivity index (χ0) is 16.1. The Bertz CT molecular complexity index is 646. The fourth-order valence-electron chi connectivity index (χ4n) is 1.96. The number of nitrogens with one attached hydrogen (secondary N) is 1. The van der Waals surface area contributed by atoms with E-state index in [1.165, 1.54) is 11.3 Å². The third-order valence-corrected chi connectivity index (χ3v) is 4.90. The summed E-state index contributed by atoms with van der Waals surface area (Å²) in [6, 6.07) is 5.35. The molecule has 0 aliphatic heterocycles. The number of halogens is 1. The van der Waals surface area contributed by atoms with E-state index in [4.69, 9.17) is 14.2 Å². The van der Waals surface area contributed by atoms with Gasteiger partial charge in [-0.3, -0.25) is 4.79 Å². The number of thiophene rings is 1. The van der Waals surface area contributed by atoms with Gasteiger partial charge in [0.15, 0.2) is 0 Å². The molecule has 0 fully saturated rings. The lowest BCUT2D eigenvalue weighted by molar-refractivity contribution is 0.0954. The maximum absolute atomic E-state index is 12.2. The van der Waals surface area contributed by atoms with Crippen molar-refractivity contribution in [2.24, 2.45) is 0 Å². The summed E-state index contributed by atoms with van der Waals surface area (Å²) in [5.41, 5.74) is 0.756. The molecule has 1 aromatic carbocycles. The lowest BCUT2D eigenvalue weighted by Gasteiger charge is -2.15. The van der Waals surface area contributed by atoms with Crippen molar-refractivity contribution in [3.05, 3.63) is 38.5 Å². The predicted molar refractivity (Wildman–Crippen MR) is 89.3 cm³/mol. The minimum atomic E-state index is -0.151. The zero-order valence-corrected chi connectivity index (χ0v) is 14.8. The van der Waals surface area contributed by atoms with Crippen LogP contribution in [-0.4, -0.2) is 27.2 Å². The van der Waals surface area contributed by atoms with Gasteiger partial charge in [-0.2, -0.15) is 0 Å². The van der Waals surface area contributed by atoms with Crippen LogP contribution >= 0.6 is 27.3 Å². The maximum Gasteiger partial charge on any atom is 0.262 e. The van der Waals surface area contributed by atoms with E-state index in [-0.39, 0.29) is 5.91 Å². The first-order chi connectivity index (χ1) is 10.6. The van der Waals surface area contributed by atoms with Crippen LogP contribution in [0.15, 0.2) is 28.1 Å². The van der Waals surface area contributed by atoms with Crippen LogP contribution in [0.2, 0.25) is 0 Å². The number of carbonyl (C=O) groups is 1. The normalized spacial score (nSPS) is 10.2. The van der Waals surface area contributed by atoms with Gasteiger partial charge in [-0.1, -0.05) is 0 Å². The fourth-order valence-corrected chi connectivity index (χ4v) is 3.42. The SMILES string of the molecule is COc1cc(OC)c(CNC(=O)c2sccc2Br)c(OC)c1. The van der Waals surface area contributed by atoms with Crippen molar-refractivity contribution in [2.45, 2.75) is 6.54 Å². The van der Waals surface area contributed by atoms with Gasteiger partial charge in [-0.05, 0) is 27.4 Å². The van der Waals surface area contributed by atoms with Gasteiger partial charge in [-0.25, -0.2) is 0 Å². The minimum Gasteiger partial charge on any atom is -0.496 e. The standard InChI is InChI=1S/C15H16BrNO4S/c1-19-9-6-12(20-2)10(13(7-9)21-3)8-17-15(18)14-11(16)4-5-22-14/h4-7H,8H2,1-3H3,(H,17,18). The van der Waals surface area contributed by atoms with Gasteiger partial charge in [0.1, 0.15) is 22.1 Å². The van der Waals surface area contributed by atoms with Crippen molar-refractivity contribution >= 4 is 33.2 Å². The van der Waals surface area contributed by atoms with Crippen LogP contribution in [0.4, 0.5) is 0 Å². The molecule has 1 heterocycles. The Balaban J connectivity index is 2.22. The average Bonchev–Trinajstić information content (AvgIpc) is 2.97. The number of methoxy groups -OCH3 is 3. The Morgan fingerprint density at radius 3 is 2.27 bits per heavy atom. The number of hydrogen-bond acceptors (Lipinski definition) is 5. The summed E-state index contributed by atoms with van der Waals surface area (Å²) >= 11 is 4.73. The quantitative estimate of drug-likeness (QED) is 0.826. The second kappa shape index (κ2) is 7.51. The Hall–Kier alpha value is -1.73. The molecule has 2 rings (SSSR count). The highest BCUT2D eigenvalue weighted by atomic mass is 79.9. The monoisotopic (exact) mass is 385 g/mol. The molecular weight excluding hydrogens is 370 g/mol. The van der Waals surface area contributed by atoms with E-state index in [0.29, 0.717) is 28.7 Å². The van der Waals surface area contributed by atoms with Gasteiger partial charge < -0.3 is 19.5 Å². The lowest BCUT2D eigenvalue weighted by atomic mass is 10.1. The molecule has 0 radical (unpaired) electrons. The molecular formula is C15H16BrNO4S. The first kappa shape index (κ1) is 16.6. The molecule has 1 aromatic heterocycles. The van der Waals surface area contributed by atoms with Crippen LogP contribution in [0.1, 0.15) is 15.2 Å². The number of ether oxygens (including phenoxy) is 3. The van der Waals surface area contributed by atoms with E-state index < -0.39 is 0 Å². The Morgan fingerprint density at radius 1 is 1.18 bits per heavy atom. The highest BCUT2D eigenvalue weighted by Gasteiger charge is 2.16. The van der Waals surface area contributed by atoms with Gasteiger partial charge in [0.2, 0.25) is 0 Å². The van der Waals surface area contributed by atoms with Crippen molar-refractivity contribution in [3.8, 4) is 17.2 Å². The molecule has 0 saturated heterocycles. The highest BCUT2D eigenvalue weighted by molar-refractivity contribution is 9.10. The highest BCUT2D eigenvalue weighted by Crippen LogP contribution is 2.34. The van der Waals surface area contributed by atoms with E-state index in [9.17, 15) is 4.79 Å². The fraction of sp³-hybridized carbons (Fsp3) is 0.267. The van der Waals surface area contributed by atoms with Gasteiger partial charge in [0.25, 0.3) is 5.91 Å². The molecule has 118 valence electrons. The van der Waals surface area contributed by atoms with Crippen LogP contribution in [0.3, 0.4) is 0 Å². The zero-order valence-electron chi connectivity index (χ0n) is 12.4. The van der Waals surface area contributed by atoms with Crippen LogP contribution in [0.5, 0.6) is 17.2 Å². The van der Waals surface area contributed by atoms with E-state index in [1.54, 1.807) is 33.5 Å². The van der Waals surface area contributed by atoms with Gasteiger partial charge in [0, 0.05) is 16.6 Å². The summed E-state index contributed by atoms with van der Waals surface area (Å²) < 4.78 is 16.7. The third kappa shape index (κ3) is 3.53. The smallest absolute Gasteiger partial charge is 0.262 e. The number of benzene rings is 1. The van der Waals surface area contributed by atoms with Crippen molar-refractivity contribution in [1.82, 2.24) is 5.32 Å². The summed E-state index contributed by atoms with van der Waals surface area (Å²) in [6.07, 6.45) is 0. The predicted octanol–water partition coefficient (Wildman–Crippen LogP) is 3.47. The van der Waals surface area contributed by atoms with E-state index >= 15 is 0 Å². The largest absolute Gasteiger partial charge is 0.496 e. The topological polar surface area (TPSA) is 56.8 Å².